The Labute approximate surface area is 345 Å². The van der Waals surface area contributed by atoms with Gasteiger partial charge in [0.1, 0.15) is 35.6 Å². The number of ether oxygens (including phenoxy) is 5. The van der Waals surface area contributed by atoms with Crippen LogP contribution in [0.15, 0.2) is 78.0 Å². The van der Waals surface area contributed by atoms with Gasteiger partial charge in [-0.3, -0.25) is 9.80 Å². The van der Waals surface area contributed by atoms with E-state index >= 15 is 0 Å². The fourth-order valence-corrected chi connectivity index (χ4v) is 10.4. The van der Waals surface area contributed by atoms with E-state index in [4.69, 9.17) is 23.7 Å². The van der Waals surface area contributed by atoms with Gasteiger partial charge in [-0.15, -0.1) is 0 Å². The van der Waals surface area contributed by atoms with Gasteiger partial charge in [0.25, 0.3) is 0 Å². The molecule has 4 saturated heterocycles. The number of sulfone groups is 1. The second kappa shape index (κ2) is 18.1. The molecule has 5 aliphatic rings. The molecule has 4 bridgehead atoms. The van der Waals surface area contributed by atoms with Crippen LogP contribution in [-0.2, 0) is 32.4 Å². The van der Waals surface area contributed by atoms with Crippen molar-refractivity contribution in [3.8, 4) is 17.4 Å². The molecule has 15 heteroatoms. The first kappa shape index (κ1) is 41.4. The van der Waals surface area contributed by atoms with Crippen molar-refractivity contribution in [3.05, 3.63) is 95.6 Å². The molecule has 1 saturated carbocycles. The van der Waals surface area contributed by atoms with Crippen LogP contribution in [0.2, 0.25) is 0 Å². The quantitative estimate of drug-likeness (QED) is 0.177. The average Bonchev–Trinajstić information content (AvgIpc) is 4.09. The second-order valence-corrected chi connectivity index (χ2v) is 18.5. The smallest absolute Gasteiger partial charge is 0.221 e. The number of morpholine rings is 2. The van der Waals surface area contributed by atoms with Gasteiger partial charge in [-0.1, -0.05) is 24.3 Å². The summed E-state index contributed by atoms with van der Waals surface area (Å²) in [5.41, 5.74) is 3.30. The van der Waals surface area contributed by atoms with E-state index in [9.17, 15) is 17.9 Å². The van der Waals surface area contributed by atoms with Crippen molar-refractivity contribution in [2.75, 3.05) is 46.0 Å². The number of anilines is 2. The van der Waals surface area contributed by atoms with Crippen LogP contribution in [-0.4, -0.2) is 116 Å². The Morgan fingerprint density at radius 3 is 1.80 bits per heavy atom. The van der Waals surface area contributed by atoms with Gasteiger partial charge in [0.05, 0.1) is 68.1 Å². The molecule has 316 valence electrons. The first-order valence-corrected chi connectivity index (χ1v) is 22.0. The molecule has 5 heterocycles. The molecule has 13 nitrogen and oxygen atoms in total. The van der Waals surface area contributed by atoms with Crippen molar-refractivity contribution in [3.63, 3.8) is 0 Å². The first-order valence-electron chi connectivity index (χ1n) is 20.5. The zero-order valence-electron chi connectivity index (χ0n) is 33.8. The molecule has 1 aliphatic carbocycles. The van der Waals surface area contributed by atoms with Crippen molar-refractivity contribution < 1.29 is 41.6 Å². The molecule has 9 rings (SSSR count). The zero-order valence-corrected chi connectivity index (χ0v) is 34.7. The molecule has 4 aliphatic heterocycles. The highest BCUT2D eigenvalue weighted by atomic mass is 32.2. The van der Waals surface area contributed by atoms with Crippen molar-refractivity contribution >= 4 is 21.3 Å². The van der Waals surface area contributed by atoms with Crippen LogP contribution >= 0.6 is 0 Å². The number of nitrogens with zero attached hydrogens (tertiary/aromatic N) is 4. The lowest BCUT2D eigenvalue weighted by Crippen LogP contribution is -2.58. The largest absolute Gasteiger partial charge is 0.497 e. The summed E-state index contributed by atoms with van der Waals surface area (Å²) in [6, 6.07) is 21.5. The molecule has 5 fully saturated rings. The summed E-state index contributed by atoms with van der Waals surface area (Å²) in [5, 5.41) is 12.5. The maximum Gasteiger partial charge on any atom is 0.221 e. The number of nitrogens with one attached hydrogen (secondary N) is 1. The van der Waals surface area contributed by atoms with Crippen LogP contribution in [0.25, 0.3) is 0 Å². The van der Waals surface area contributed by atoms with Gasteiger partial charge in [0.15, 0.2) is 9.84 Å². The Bertz CT molecular complexity index is 2130. The summed E-state index contributed by atoms with van der Waals surface area (Å²) in [7, 11) is -0.122. The molecular formula is C44H54FN5O8S. The molecule has 4 unspecified atom stereocenters. The van der Waals surface area contributed by atoms with E-state index in [1.54, 1.807) is 14.2 Å². The van der Waals surface area contributed by atoms with Crippen LogP contribution in [0.1, 0.15) is 55.2 Å². The number of fused-ring (bicyclic) bond motifs is 4. The molecule has 0 amide bonds. The number of hydrogen-bond acceptors (Lipinski definition) is 13. The zero-order chi connectivity index (χ0) is 41.1. The van der Waals surface area contributed by atoms with Crippen LogP contribution < -0.4 is 19.5 Å². The highest BCUT2D eigenvalue weighted by molar-refractivity contribution is 7.92. The lowest BCUT2D eigenvalue weighted by atomic mass is 9.91. The number of aliphatic hydroxyl groups is 1. The van der Waals surface area contributed by atoms with E-state index in [0.29, 0.717) is 55.4 Å². The summed E-state index contributed by atoms with van der Waals surface area (Å²) in [6.07, 6.45) is 5.68. The lowest BCUT2D eigenvalue weighted by Gasteiger charge is -2.48. The topological polar surface area (TPSA) is 145 Å². The average molecular weight is 832 g/mol. The number of piperidine rings is 2. The second-order valence-electron chi connectivity index (χ2n) is 16.2. The van der Waals surface area contributed by atoms with Gasteiger partial charge < -0.3 is 34.1 Å². The van der Waals surface area contributed by atoms with Crippen LogP contribution in [0, 0.1) is 12.7 Å². The lowest BCUT2D eigenvalue weighted by molar-refractivity contribution is -0.108. The number of benzene rings is 3. The standard InChI is InChI=1S/C29H33FN4O5S.C15H21NO3/c1-18-28(33-27-10-9-25(13-26(27)30)40(35,36)24-7-8-24)31-17-32-29(18)39-23-11-20-15-38-16-21(12-23)34(20)14-19-3-5-22(37-2)6-4-19;1-18-15-4-2-11(3-5-15)8-16-12-6-14(17)7-13(16)10-19-9-12/h3-6,9-10,13,17,20-21,23-24H,7-8,11-12,14-16H2,1-2H3,(H,31,32,33);2-5,12-14,17H,6-10H2,1H3/t20-,21?,23?;12-,13?,14?/m11/s1. The van der Waals surface area contributed by atoms with Gasteiger partial charge in [0, 0.05) is 50.1 Å². The van der Waals surface area contributed by atoms with Gasteiger partial charge in [-0.05, 0) is 86.2 Å². The number of rotatable bonds is 12. The van der Waals surface area contributed by atoms with Gasteiger partial charge in [-0.25, -0.2) is 22.8 Å². The molecule has 6 atom stereocenters. The Kier molecular flexibility index (Phi) is 12.7. The van der Waals surface area contributed by atoms with Crippen molar-refractivity contribution in [1.82, 2.24) is 19.8 Å². The maximum absolute atomic E-state index is 14.9. The van der Waals surface area contributed by atoms with E-state index < -0.39 is 20.9 Å². The van der Waals surface area contributed by atoms with E-state index in [-0.39, 0.29) is 34.9 Å². The fourth-order valence-electron chi connectivity index (χ4n) is 8.71. The fraction of sp³-hybridized carbons (Fsp3) is 0.500. The van der Waals surface area contributed by atoms with Crippen LogP contribution in [0.3, 0.4) is 0 Å². The summed E-state index contributed by atoms with van der Waals surface area (Å²) in [6.45, 7) is 6.36. The van der Waals surface area contributed by atoms with Crippen molar-refractivity contribution in [2.45, 2.75) is 105 Å². The molecular weight excluding hydrogens is 778 g/mol. The van der Waals surface area contributed by atoms with Crippen LogP contribution in [0.5, 0.6) is 17.4 Å². The third kappa shape index (κ3) is 9.66. The summed E-state index contributed by atoms with van der Waals surface area (Å²) < 4.78 is 68.2. The molecule has 2 N–H and O–H groups in total. The SMILES string of the molecule is COc1ccc(CN2C3COC[C@H]2CC(O)C3)cc1.COc1ccc(CN2C3COC[C@H]2CC(Oc2ncnc(Nc4ccc(S(=O)(=O)C5CC5)cc4F)c2C)C3)cc1. The van der Waals surface area contributed by atoms with Gasteiger partial charge in [0.2, 0.25) is 5.88 Å². The van der Waals surface area contributed by atoms with Gasteiger partial charge in [-0.2, -0.15) is 0 Å². The Hall–Kier alpha value is -4.38. The minimum Gasteiger partial charge on any atom is -0.497 e. The Morgan fingerprint density at radius 2 is 1.31 bits per heavy atom. The molecule has 1 aromatic heterocycles. The molecule has 0 spiro atoms. The number of aliphatic hydroxyl groups excluding tert-OH is 1. The summed E-state index contributed by atoms with van der Waals surface area (Å²) in [4.78, 5) is 13.6. The monoisotopic (exact) mass is 831 g/mol. The first-order chi connectivity index (χ1) is 28.6. The highest BCUT2D eigenvalue weighted by Gasteiger charge is 2.41. The Balaban J connectivity index is 0.000000212. The van der Waals surface area contributed by atoms with Crippen molar-refractivity contribution in [2.24, 2.45) is 0 Å². The number of halogens is 1. The van der Waals surface area contributed by atoms with E-state index in [2.05, 4.69) is 49.4 Å². The van der Waals surface area contributed by atoms with Gasteiger partial charge >= 0.3 is 0 Å². The third-order valence-electron chi connectivity index (χ3n) is 12.1. The van der Waals surface area contributed by atoms with E-state index in [1.165, 1.54) is 29.6 Å². The predicted molar refractivity (Wildman–Crippen MR) is 219 cm³/mol. The number of aromatic nitrogens is 2. The normalized spacial score (nSPS) is 25.6. The molecule has 4 aromatic rings. The minimum absolute atomic E-state index is 0.00865. The third-order valence-corrected chi connectivity index (χ3v) is 14.4. The molecule has 3 aromatic carbocycles. The van der Waals surface area contributed by atoms with Crippen molar-refractivity contribution in [1.29, 1.82) is 0 Å². The molecule has 0 radical (unpaired) electrons. The minimum atomic E-state index is -3.47. The van der Waals surface area contributed by atoms with E-state index in [1.807, 2.05) is 31.2 Å². The van der Waals surface area contributed by atoms with Crippen LogP contribution in [0.4, 0.5) is 15.9 Å². The number of hydrogen-bond donors (Lipinski definition) is 2. The maximum atomic E-state index is 14.9. The predicted octanol–water partition coefficient (Wildman–Crippen LogP) is 5.84. The number of methoxy groups -OCH3 is 2. The highest BCUT2D eigenvalue weighted by Crippen LogP contribution is 2.37. The summed E-state index contributed by atoms with van der Waals surface area (Å²) in [5.74, 6) is 1.93. The van der Waals surface area contributed by atoms with E-state index in [0.717, 1.165) is 69.6 Å². The molecule has 59 heavy (non-hydrogen) atoms. The summed E-state index contributed by atoms with van der Waals surface area (Å²) >= 11 is 0. The Morgan fingerprint density at radius 1 is 0.780 bits per heavy atom.